The molecule has 0 aliphatic carbocycles. The molecule has 0 bridgehead atoms. The average Bonchev–Trinajstić information content (AvgIpc) is 2.48. The molecule has 3 nitrogen and oxygen atoms in total. The van der Waals surface area contributed by atoms with Crippen molar-refractivity contribution < 1.29 is 4.74 Å². The Hall–Kier alpha value is -1.06. The van der Waals surface area contributed by atoms with Crippen LogP contribution in [-0.2, 0) is 6.54 Å². The minimum absolute atomic E-state index is 0.0618. The maximum Gasteiger partial charge on any atom is 0.123 e. The minimum atomic E-state index is -0.195. The summed E-state index contributed by atoms with van der Waals surface area (Å²) in [4.78, 5) is 2.44. The molecular formula is C16H26N2O. The topological polar surface area (TPSA) is 38.5 Å². The molecule has 0 aromatic heterocycles. The Morgan fingerprint density at radius 1 is 1.21 bits per heavy atom. The smallest absolute Gasteiger partial charge is 0.123 e. The number of nitrogens with zero attached hydrogens (tertiary/aromatic N) is 1. The Balaban J connectivity index is 2.11. The highest BCUT2D eigenvalue weighted by Gasteiger charge is 2.35. The van der Waals surface area contributed by atoms with Crippen LogP contribution in [-0.4, -0.2) is 30.1 Å². The van der Waals surface area contributed by atoms with Crippen LogP contribution in [0.5, 0.6) is 5.75 Å². The number of para-hydroxylation sites is 1. The molecule has 0 amide bonds. The van der Waals surface area contributed by atoms with Crippen LogP contribution in [0, 0.1) is 5.41 Å². The molecular weight excluding hydrogens is 236 g/mol. The van der Waals surface area contributed by atoms with Crippen LogP contribution in [0.2, 0.25) is 0 Å². The van der Waals surface area contributed by atoms with Crippen LogP contribution in [0.4, 0.5) is 0 Å². The van der Waals surface area contributed by atoms with Gasteiger partial charge in [-0.05, 0) is 25.3 Å². The van der Waals surface area contributed by atoms with E-state index in [-0.39, 0.29) is 11.0 Å². The van der Waals surface area contributed by atoms with Crippen molar-refractivity contribution >= 4 is 0 Å². The molecule has 1 aliphatic heterocycles. The molecule has 3 heteroatoms. The SMILES string of the molecule is CC(C)(N)C(C)(C)CN1CCOc2ccccc2C1. The summed E-state index contributed by atoms with van der Waals surface area (Å²) in [6, 6.07) is 8.30. The van der Waals surface area contributed by atoms with E-state index in [2.05, 4.69) is 50.8 Å². The van der Waals surface area contributed by atoms with Gasteiger partial charge in [-0.2, -0.15) is 0 Å². The first-order valence-corrected chi connectivity index (χ1v) is 7.01. The number of hydrogen-bond acceptors (Lipinski definition) is 3. The second-order valence-corrected chi connectivity index (χ2v) is 6.77. The summed E-state index contributed by atoms with van der Waals surface area (Å²) in [7, 11) is 0. The van der Waals surface area contributed by atoms with Crippen LogP contribution in [0.1, 0.15) is 33.3 Å². The number of hydrogen-bond donors (Lipinski definition) is 1. The fourth-order valence-corrected chi connectivity index (χ4v) is 2.28. The molecule has 2 rings (SSSR count). The maximum absolute atomic E-state index is 6.31. The Morgan fingerprint density at radius 2 is 1.89 bits per heavy atom. The maximum atomic E-state index is 6.31. The van der Waals surface area contributed by atoms with Gasteiger partial charge in [0.25, 0.3) is 0 Å². The summed E-state index contributed by atoms with van der Waals surface area (Å²) in [6.07, 6.45) is 0. The van der Waals surface area contributed by atoms with Crippen LogP contribution in [0.15, 0.2) is 24.3 Å². The van der Waals surface area contributed by atoms with Gasteiger partial charge < -0.3 is 10.5 Å². The first kappa shape index (κ1) is 14.4. The molecule has 1 heterocycles. The molecule has 0 saturated carbocycles. The number of benzene rings is 1. The first-order chi connectivity index (χ1) is 8.79. The predicted molar refractivity (Wildman–Crippen MR) is 79.3 cm³/mol. The highest BCUT2D eigenvalue weighted by atomic mass is 16.5. The monoisotopic (exact) mass is 262 g/mol. The fraction of sp³-hybridized carbons (Fsp3) is 0.625. The summed E-state index contributed by atoms with van der Waals surface area (Å²) in [5.74, 6) is 1.02. The van der Waals surface area contributed by atoms with Crippen molar-refractivity contribution in [1.82, 2.24) is 4.90 Å². The van der Waals surface area contributed by atoms with Gasteiger partial charge in [0, 0.05) is 30.7 Å². The van der Waals surface area contributed by atoms with Gasteiger partial charge in [-0.15, -0.1) is 0 Å². The van der Waals surface area contributed by atoms with Crippen molar-refractivity contribution in [1.29, 1.82) is 0 Å². The molecule has 1 aromatic rings. The second kappa shape index (κ2) is 5.14. The lowest BCUT2D eigenvalue weighted by atomic mass is 9.75. The van der Waals surface area contributed by atoms with Crippen LogP contribution in [0.25, 0.3) is 0 Å². The van der Waals surface area contributed by atoms with Crippen LogP contribution >= 0.6 is 0 Å². The largest absolute Gasteiger partial charge is 0.492 e. The van der Waals surface area contributed by atoms with Crippen molar-refractivity contribution in [2.45, 2.75) is 39.8 Å². The Morgan fingerprint density at radius 3 is 2.58 bits per heavy atom. The lowest BCUT2D eigenvalue weighted by Gasteiger charge is -2.41. The van der Waals surface area contributed by atoms with Gasteiger partial charge in [-0.3, -0.25) is 4.90 Å². The number of nitrogens with two attached hydrogens (primary N) is 1. The van der Waals surface area contributed by atoms with Gasteiger partial charge in [0.1, 0.15) is 12.4 Å². The van der Waals surface area contributed by atoms with Gasteiger partial charge in [-0.25, -0.2) is 0 Å². The van der Waals surface area contributed by atoms with E-state index in [0.717, 1.165) is 32.0 Å². The molecule has 0 radical (unpaired) electrons. The summed E-state index contributed by atoms with van der Waals surface area (Å²) in [5.41, 5.74) is 7.44. The Kier molecular flexibility index (Phi) is 3.88. The summed E-state index contributed by atoms with van der Waals surface area (Å²) < 4.78 is 5.81. The lowest BCUT2D eigenvalue weighted by Crippen LogP contribution is -2.53. The van der Waals surface area contributed by atoms with Crippen molar-refractivity contribution in [3.05, 3.63) is 29.8 Å². The third kappa shape index (κ3) is 3.28. The summed E-state index contributed by atoms with van der Waals surface area (Å²) in [6.45, 7) is 12.3. The molecule has 2 N–H and O–H groups in total. The van der Waals surface area contributed by atoms with E-state index >= 15 is 0 Å². The molecule has 0 atom stereocenters. The first-order valence-electron chi connectivity index (χ1n) is 7.01. The van der Waals surface area contributed by atoms with Crippen molar-refractivity contribution in [2.24, 2.45) is 11.1 Å². The molecule has 1 aliphatic rings. The third-order valence-electron chi connectivity index (χ3n) is 4.39. The quantitative estimate of drug-likeness (QED) is 0.910. The van der Waals surface area contributed by atoms with E-state index in [1.54, 1.807) is 0 Å². The van der Waals surface area contributed by atoms with Crippen LogP contribution < -0.4 is 10.5 Å². The molecule has 0 saturated heterocycles. The molecule has 0 spiro atoms. The predicted octanol–water partition coefficient (Wildman–Crippen LogP) is 2.64. The fourth-order valence-electron chi connectivity index (χ4n) is 2.28. The average molecular weight is 262 g/mol. The summed E-state index contributed by atoms with van der Waals surface area (Å²) >= 11 is 0. The Labute approximate surface area is 116 Å². The van der Waals surface area contributed by atoms with Crippen LogP contribution in [0.3, 0.4) is 0 Å². The minimum Gasteiger partial charge on any atom is -0.492 e. The van der Waals surface area contributed by atoms with Gasteiger partial charge in [0.15, 0.2) is 0 Å². The highest BCUT2D eigenvalue weighted by molar-refractivity contribution is 5.33. The van der Waals surface area contributed by atoms with Gasteiger partial charge in [0.05, 0.1) is 0 Å². The van der Waals surface area contributed by atoms with Crippen molar-refractivity contribution in [2.75, 3.05) is 19.7 Å². The highest BCUT2D eigenvalue weighted by Crippen LogP contribution is 2.31. The third-order valence-corrected chi connectivity index (χ3v) is 4.39. The number of fused-ring (bicyclic) bond motifs is 1. The summed E-state index contributed by atoms with van der Waals surface area (Å²) in [5, 5.41) is 0. The van der Waals surface area contributed by atoms with E-state index in [0.29, 0.717) is 0 Å². The van der Waals surface area contributed by atoms with Crippen molar-refractivity contribution in [3.8, 4) is 5.75 Å². The zero-order valence-electron chi connectivity index (χ0n) is 12.6. The standard InChI is InChI=1S/C16H26N2O/c1-15(2,16(3,4)17)12-18-9-10-19-14-8-6-5-7-13(14)11-18/h5-8H,9-12,17H2,1-4H3. The normalized spacial score (nSPS) is 17.5. The van der Waals surface area contributed by atoms with E-state index in [1.807, 2.05) is 6.07 Å². The molecule has 19 heavy (non-hydrogen) atoms. The molecule has 0 unspecified atom stereocenters. The van der Waals surface area contributed by atoms with Gasteiger partial charge >= 0.3 is 0 Å². The van der Waals surface area contributed by atoms with E-state index < -0.39 is 0 Å². The molecule has 1 aromatic carbocycles. The molecule has 0 fully saturated rings. The van der Waals surface area contributed by atoms with Crippen molar-refractivity contribution in [3.63, 3.8) is 0 Å². The molecule has 106 valence electrons. The zero-order chi connectivity index (χ0) is 14.1. The lowest BCUT2D eigenvalue weighted by molar-refractivity contribution is 0.103. The van der Waals surface area contributed by atoms with E-state index in [4.69, 9.17) is 10.5 Å². The number of ether oxygens (including phenoxy) is 1. The second-order valence-electron chi connectivity index (χ2n) is 6.77. The Bertz CT molecular complexity index is 435. The van der Waals surface area contributed by atoms with E-state index in [1.165, 1.54) is 5.56 Å². The van der Waals surface area contributed by atoms with Gasteiger partial charge in [-0.1, -0.05) is 32.0 Å². The zero-order valence-corrected chi connectivity index (χ0v) is 12.6. The van der Waals surface area contributed by atoms with E-state index in [9.17, 15) is 0 Å². The van der Waals surface area contributed by atoms with Gasteiger partial charge in [0.2, 0.25) is 0 Å². The number of rotatable bonds is 3.